The largest absolute Gasteiger partial charge is 0.312 e. The SMILES string of the molecule is CCCN(CCC)CCNS(=O)(=O)c1ccc2c(c1)CCN2C(=O)CC. The van der Waals surface area contributed by atoms with Crippen LogP contribution in [0.4, 0.5) is 5.69 Å². The van der Waals surface area contributed by atoms with Crippen LogP contribution in [-0.4, -0.2) is 51.9 Å². The zero-order valence-electron chi connectivity index (χ0n) is 16.1. The number of fused-ring (bicyclic) bond motifs is 1. The number of nitrogens with zero attached hydrogens (tertiary/aromatic N) is 2. The molecule has 1 aliphatic heterocycles. The zero-order chi connectivity index (χ0) is 19.2. The van der Waals surface area contributed by atoms with Crippen molar-refractivity contribution in [3.05, 3.63) is 23.8 Å². The summed E-state index contributed by atoms with van der Waals surface area (Å²) < 4.78 is 27.9. The number of rotatable bonds is 10. The second kappa shape index (κ2) is 9.48. The number of benzene rings is 1. The van der Waals surface area contributed by atoms with Crippen molar-refractivity contribution in [3.8, 4) is 0 Å². The molecule has 0 aliphatic carbocycles. The first-order valence-corrected chi connectivity index (χ1v) is 11.1. The molecule has 1 aromatic carbocycles. The minimum atomic E-state index is -3.53. The molecule has 0 saturated carbocycles. The summed E-state index contributed by atoms with van der Waals surface area (Å²) in [4.78, 5) is 16.3. The summed E-state index contributed by atoms with van der Waals surface area (Å²) in [5.41, 5.74) is 1.76. The Labute approximate surface area is 157 Å². The van der Waals surface area contributed by atoms with Crippen molar-refractivity contribution in [1.29, 1.82) is 0 Å². The molecule has 1 N–H and O–H groups in total. The third kappa shape index (κ3) is 5.05. The Bertz CT molecular complexity index is 713. The molecule has 2 rings (SSSR count). The fourth-order valence-electron chi connectivity index (χ4n) is 3.38. The van der Waals surface area contributed by atoms with Gasteiger partial charge in [0.25, 0.3) is 0 Å². The Kier molecular flexibility index (Phi) is 7.61. The third-order valence-corrected chi connectivity index (χ3v) is 6.12. The predicted octanol–water partition coefficient (Wildman–Crippen LogP) is 2.39. The predicted molar refractivity (Wildman–Crippen MR) is 105 cm³/mol. The van der Waals surface area contributed by atoms with E-state index in [4.69, 9.17) is 0 Å². The summed E-state index contributed by atoms with van der Waals surface area (Å²) >= 11 is 0. The maximum atomic E-state index is 12.6. The lowest BCUT2D eigenvalue weighted by Crippen LogP contribution is -2.35. The van der Waals surface area contributed by atoms with Crippen LogP contribution in [0.1, 0.15) is 45.6 Å². The van der Waals surface area contributed by atoms with Crippen LogP contribution in [0.5, 0.6) is 0 Å². The number of amides is 1. The zero-order valence-corrected chi connectivity index (χ0v) is 16.9. The van der Waals surface area contributed by atoms with Crippen molar-refractivity contribution in [2.45, 2.75) is 51.3 Å². The van der Waals surface area contributed by atoms with Gasteiger partial charge in [-0.05, 0) is 56.1 Å². The average molecular weight is 382 g/mol. The number of hydrogen-bond donors (Lipinski definition) is 1. The smallest absolute Gasteiger partial charge is 0.240 e. The lowest BCUT2D eigenvalue weighted by molar-refractivity contribution is -0.118. The van der Waals surface area contributed by atoms with Crippen molar-refractivity contribution in [2.75, 3.05) is 37.6 Å². The highest BCUT2D eigenvalue weighted by molar-refractivity contribution is 7.89. The van der Waals surface area contributed by atoms with Crippen LogP contribution in [-0.2, 0) is 21.2 Å². The molecule has 26 heavy (non-hydrogen) atoms. The van der Waals surface area contributed by atoms with E-state index in [2.05, 4.69) is 23.5 Å². The summed E-state index contributed by atoms with van der Waals surface area (Å²) in [5, 5.41) is 0. The van der Waals surface area contributed by atoms with Crippen molar-refractivity contribution >= 4 is 21.6 Å². The van der Waals surface area contributed by atoms with Crippen molar-refractivity contribution in [1.82, 2.24) is 9.62 Å². The molecule has 0 bridgehead atoms. The quantitative estimate of drug-likeness (QED) is 0.676. The van der Waals surface area contributed by atoms with Crippen molar-refractivity contribution < 1.29 is 13.2 Å². The van der Waals surface area contributed by atoms with Crippen LogP contribution < -0.4 is 9.62 Å². The Morgan fingerprint density at radius 1 is 1.15 bits per heavy atom. The Hall–Kier alpha value is -1.44. The number of anilines is 1. The summed E-state index contributed by atoms with van der Waals surface area (Å²) in [7, 11) is -3.53. The van der Waals surface area contributed by atoms with E-state index in [9.17, 15) is 13.2 Å². The average Bonchev–Trinajstić information content (AvgIpc) is 3.04. The molecule has 7 heteroatoms. The van der Waals surface area contributed by atoms with E-state index in [1.165, 1.54) is 0 Å². The molecule has 0 spiro atoms. The van der Waals surface area contributed by atoms with Gasteiger partial charge < -0.3 is 9.80 Å². The molecule has 1 amide bonds. The van der Waals surface area contributed by atoms with Crippen LogP contribution in [0.15, 0.2) is 23.1 Å². The first kappa shape index (κ1) is 20.9. The van der Waals surface area contributed by atoms with Gasteiger partial charge in [-0.2, -0.15) is 0 Å². The molecular weight excluding hydrogens is 350 g/mol. The highest BCUT2D eigenvalue weighted by Gasteiger charge is 2.25. The van der Waals surface area contributed by atoms with Gasteiger partial charge in [0, 0.05) is 31.7 Å². The topological polar surface area (TPSA) is 69.7 Å². The monoisotopic (exact) mass is 381 g/mol. The lowest BCUT2D eigenvalue weighted by Gasteiger charge is -2.21. The van der Waals surface area contributed by atoms with Gasteiger partial charge in [0.2, 0.25) is 15.9 Å². The van der Waals surface area contributed by atoms with E-state index < -0.39 is 10.0 Å². The number of sulfonamides is 1. The van der Waals surface area contributed by atoms with Gasteiger partial charge in [-0.15, -0.1) is 0 Å². The molecule has 0 aromatic heterocycles. The highest BCUT2D eigenvalue weighted by Crippen LogP contribution is 2.30. The van der Waals surface area contributed by atoms with Crippen LogP contribution >= 0.6 is 0 Å². The normalized spacial score (nSPS) is 14.1. The summed E-state index contributed by atoms with van der Waals surface area (Å²) in [6, 6.07) is 5.06. The molecule has 1 heterocycles. The molecule has 6 nitrogen and oxygen atoms in total. The van der Waals surface area contributed by atoms with Gasteiger partial charge >= 0.3 is 0 Å². The fraction of sp³-hybridized carbons (Fsp3) is 0.632. The van der Waals surface area contributed by atoms with Crippen molar-refractivity contribution in [3.63, 3.8) is 0 Å². The maximum absolute atomic E-state index is 12.6. The molecule has 1 aliphatic rings. The first-order chi connectivity index (χ1) is 12.4. The Balaban J connectivity index is 2.02. The van der Waals surface area contributed by atoms with Gasteiger partial charge in [0.15, 0.2) is 0 Å². The molecule has 146 valence electrons. The molecular formula is C19H31N3O3S. The Morgan fingerprint density at radius 2 is 1.85 bits per heavy atom. The second-order valence-electron chi connectivity index (χ2n) is 6.68. The summed E-state index contributed by atoms with van der Waals surface area (Å²) in [6.45, 7) is 9.80. The standard InChI is InChI=1S/C19H31N3O3S/c1-4-11-21(12-5-2)14-10-20-26(24,25)17-7-8-18-16(15-17)9-13-22(18)19(23)6-3/h7-8,15,20H,4-6,9-14H2,1-3H3. The van der Waals surface area contributed by atoms with E-state index in [0.29, 0.717) is 32.5 Å². The van der Waals surface area contributed by atoms with Crippen LogP contribution in [0, 0.1) is 0 Å². The molecule has 0 atom stereocenters. The van der Waals surface area contributed by atoms with Gasteiger partial charge in [0.1, 0.15) is 0 Å². The van der Waals surface area contributed by atoms with E-state index >= 15 is 0 Å². The van der Waals surface area contributed by atoms with Gasteiger partial charge in [-0.1, -0.05) is 20.8 Å². The molecule has 0 saturated heterocycles. The number of hydrogen-bond acceptors (Lipinski definition) is 4. The van der Waals surface area contributed by atoms with Crippen LogP contribution in [0.2, 0.25) is 0 Å². The summed E-state index contributed by atoms with van der Waals surface area (Å²) in [6.07, 6.45) is 3.27. The van der Waals surface area contributed by atoms with Crippen LogP contribution in [0.3, 0.4) is 0 Å². The van der Waals surface area contributed by atoms with E-state index in [0.717, 1.165) is 37.2 Å². The lowest BCUT2D eigenvalue weighted by atomic mass is 10.2. The van der Waals surface area contributed by atoms with Crippen molar-refractivity contribution in [2.24, 2.45) is 0 Å². The maximum Gasteiger partial charge on any atom is 0.240 e. The minimum Gasteiger partial charge on any atom is -0.312 e. The highest BCUT2D eigenvalue weighted by atomic mass is 32.2. The molecule has 0 unspecified atom stereocenters. The fourth-order valence-corrected chi connectivity index (χ4v) is 4.46. The Morgan fingerprint density at radius 3 is 2.46 bits per heavy atom. The van der Waals surface area contributed by atoms with Crippen LogP contribution in [0.25, 0.3) is 0 Å². The van der Waals surface area contributed by atoms with Gasteiger partial charge in [-0.25, -0.2) is 13.1 Å². The molecule has 0 radical (unpaired) electrons. The number of carbonyl (C=O) groups is 1. The first-order valence-electron chi connectivity index (χ1n) is 9.58. The summed E-state index contributed by atoms with van der Waals surface area (Å²) in [5.74, 6) is 0.0735. The number of carbonyl (C=O) groups excluding carboxylic acids is 1. The van der Waals surface area contributed by atoms with E-state index in [-0.39, 0.29) is 10.8 Å². The van der Waals surface area contributed by atoms with Gasteiger partial charge in [0.05, 0.1) is 4.90 Å². The third-order valence-electron chi connectivity index (χ3n) is 4.66. The second-order valence-corrected chi connectivity index (χ2v) is 8.45. The molecule has 1 aromatic rings. The number of nitrogens with one attached hydrogen (secondary N) is 1. The molecule has 0 fully saturated rings. The van der Waals surface area contributed by atoms with E-state index in [1.807, 2.05) is 6.92 Å². The minimum absolute atomic E-state index is 0.0735. The van der Waals surface area contributed by atoms with E-state index in [1.54, 1.807) is 23.1 Å². The van der Waals surface area contributed by atoms with Gasteiger partial charge in [-0.3, -0.25) is 4.79 Å².